The van der Waals surface area contributed by atoms with E-state index in [2.05, 4.69) is 9.98 Å². The largest absolute Gasteiger partial charge is 0.455 e. The Hall–Kier alpha value is -3.65. The van der Waals surface area contributed by atoms with Gasteiger partial charge in [-0.2, -0.15) is 0 Å². The first-order valence-corrected chi connectivity index (χ1v) is 11.0. The minimum atomic E-state index is -0.487. The van der Waals surface area contributed by atoms with E-state index in [9.17, 15) is 10.1 Å². The second-order valence-corrected chi connectivity index (χ2v) is 8.47. The molecule has 0 fully saturated rings. The zero-order valence-electron chi connectivity index (χ0n) is 17.2. The molecule has 3 aromatic heterocycles. The zero-order valence-corrected chi connectivity index (χ0v) is 19.4. The number of furan rings is 1. The van der Waals surface area contributed by atoms with Crippen molar-refractivity contribution in [2.24, 2.45) is 4.99 Å². The number of nitro benzene ring substituents is 1. The summed E-state index contributed by atoms with van der Waals surface area (Å²) in [5, 5.41) is 12.4. The molecular formula is C24H13Cl3N4O3. The highest BCUT2D eigenvalue weighted by Gasteiger charge is 2.17. The first-order chi connectivity index (χ1) is 16.4. The van der Waals surface area contributed by atoms with Crippen LogP contribution in [0, 0.1) is 10.1 Å². The first kappa shape index (κ1) is 22.2. The molecular weight excluding hydrogens is 499 g/mol. The van der Waals surface area contributed by atoms with Gasteiger partial charge < -0.3 is 4.42 Å². The number of benzene rings is 2. The Kier molecular flexibility index (Phi) is 5.83. The molecule has 10 heteroatoms. The number of imidazole rings is 1. The number of hydrogen-bond donors (Lipinski definition) is 0. The molecule has 0 saturated carbocycles. The summed E-state index contributed by atoms with van der Waals surface area (Å²) < 4.78 is 7.68. The molecule has 0 bridgehead atoms. The lowest BCUT2D eigenvalue weighted by atomic mass is 10.1. The molecule has 0 amide bonds. The smallest absolute Gasteiger partial charge is 0.270 e. The maximum absolute atomic E-state index is 11.1. The summed E-state index contributed by atoms with van der Waals surface area (Å²) in [6.07, 6.45) is 3.39. The Morgan fingerprint density at radius 2 is 1.82 bits per heavy atom. The fourth-order valence-electron chi connectivity index (χ4n) is 3.48. The lowest BCUT2D eigenvalue weighted by molar-refractivity contribution is -0.384. The quantitative estimate of drug-likeness (QED) is 0.136. The Balaban J connectivity index is 1.56. The predicted octanol–water partition coefficient (Wildman–Crippen LogP) is 7.88. The van der Waals surface area contributed by atoms with Crippen molar-refractivity contribution in [2.75, 3.05) is 0 Å². The van der Waals surface area contributed by atoms with Crippen LogP contribution in [0.1, 0.15) is 5.76 Å². The van der Waals surface area contributed by atoms with E-state index in [0.717, 1.165) is 0 Å². The molecule has 0 saturated heterocycles. The highest BCUT2D eigenvalue weighted by Crippen LogP contribution is 2.37. The van der Waals surface area contributed by atoms with Gasteiger partial charge in [0.05, 0.1) is 21.2 Å². The van der Waals surface area contributed by atoms with Gasteiger partial charge in [0.25, 0.3) is 5.69 Å². The molecule has 0 N–H and O–H groups in total. The van der Waals surface area contributed by atoms with E-state index >= 15 is 0 Å². The number of non-ortho nitro benzene ring substituents is 1. The number of aromatic nitrogens is 2. The van der Waals surface area contributed by atoms with Gasteiger partial charge in [0.1, 0.15) is 22.9 Å². The molecule has 0 aliphatic heterocycles. The topological polar surface area (TPSA) is 85.9 Å². The van der Waals surface area contributed by atoms with Crippen LogP contribution in [0.15, 0.2) is 82.3 Å². The summed E-state index contributed by atoms with van der Waals surface area (Å²) in [7, 11) is 0. The number of rotatable bonds is 5. The lowest BCUT2D eigenvalue weighted by Crippen LogP contribution is -1.88. The van der Waals surface area contributed by atoms with Crippen LogP contribution < -0.4 is 0 Å². The maximum atomic E-state index is 11.1. The molecule has 5 rings (SSSR count). The number of nitro groups is 1. The van der Waals surface area contributed by atoms with Gasteiger partial charge in [-0.1, -0.05) is 40.9 Å². The molecule has 2 aromatic carbocycles. The second-order valence-electron chi connectivity index (χ2n) is 7.22. The minimum Gasteiger partial charge on any atom is -0.455 e. The summed E-state index contributed by atoms with van der Waals surface area (Å²) in [5.41, 5.74) is 2.29. The van der Waals surface area contributed by atoms with Gasteiger partial charge in [0.2, 0.25) is 0 Å². The van der Waals surface area contributed by atoms with Crippen molar-refractivity contribution in [1.29, 1.82) is 0 Å². The van der Waals surface area contributed by atoms with Crippen LogP contribution in [0.5, 0.6) is 0 Å². The third-order valence-corrected chi connectivity index (χ3v) is 5.94. The molecule has 5 aromatic rings. The molecule has 0 aliphatic rings. The fourth-order valence-corrected chi connectivity index (χ4v) is 4.18. The van der Waals surface area contributed by atoms with Gasteiger partial charge in [-0.3, -0.25) is 14.5 Å². The average molecular weight is 512 g/mol. The van der Waals surface area contributed by atoms with Crippen molar-refractivity contribution >= 4 is 58.2 Å². The number of nitrogens with zero attached hydrogens (tertiary/aromatic N) is 4. The normalized spacial score (nSPS) is 11.5. The third-order valence-electron chi connectivity index (χ3n) is 5.06. The van der Waals surface area contributed by atoms with E-state index in [1.807, 2.05) is 28.8 Å². The summed E-state index contributed by atoms with van der Waals surface area (Å²) in [6.45, 7) is 0. The standard InChI is InChI=1S/C24H13Cl3N4O3/c25-14-4-7-17(20(27)11-14)23-24(30-10-2-1-3-22(30)29-23)28-13-16-6-9-21(34-16)18-12-15(31(32)33)5-8-19(18)26/h1-13H. The van der Waals surface area contributed by atoms with E-state index in [-0.39, 0.29) is 5.69 Å². The van der Waals surface area contributed by atoms with Crippen molar-refractivity contribution in [3.8, 4) is 22.6 Å². The van der Waals surface area contributed by atoms with Gasteiger partial charge in [-0.15, -0.1) is 0 Å². The zero-order chi connectivity index (χ0) is 23.8. The van der Waals surface area contributed by atoms with Crippen molar-refractivity contribution in [3.05, 3.63) is 104 Å². The molecule has 168 valence electrons. The number of pyridine rings is 1. The van der Waals surface area contributed by atoms with E-state index in [1.165, 1.54) is 18.2 Å². The van der Waals surface area contributed by atoms with Crippen LogP contribution in [-0.4, -0.2) is 20.5 Å². The molecule has 0 spiro atoms. The van der Waals surface area contributed by atoms with Crippen molar-refractivity contribution in [3.63, 3.8) is 0 Å². The molecule has 0 atom stereocenters. The minimum absolute atomic E-state index is 0.0822. The van der Waals surface area contributed by atoms with E-state index in [1.54, 1.807) is 36.5 Å². The third kappa shape index (κ3) is 4.17. The van der Waals surface area contributed by atoms with E-state index in [0.29, 0.717) is 54.9 Å². The molecule has 0 unspecified atom stereocenters. The maximum Gasteiger partial charge on any atom is 0.270 e. The molecule has 3 heterocycles. The second kappa shape index (κ2) is 8.95. The van der Waals surface area contributed by atoms with Crippen LogP contribution in [0.25, 0.3) is 28.2 Å². The van der Waals surface area contributed by atoms with Gasteiger partial charge in [-0.25, -0.2) is 9.98 Å². The number of hydrogen-bond acceptors (Lipinski definition) is 5. The fraction of sp³-hybridized carbons (Fsp3) is 0. The summed E-state index contributed by atoms with van der Waals surface area (Å²) >= 11 is 18.7. The van der Waals surface area contributed by atoms with Gasteiger partial charge >= 0.3 is 0 Å². The lowest BCUT2D eigenvalue weighted by Gasteiger charge is -2.03. The van der Waals surface area contributed by atoms with Crippen LogP contribution >= 0.6 is 34.8 Å². The Labute approximate surface area is 208 Å². The number of aliphatic imine (C=N–C) groups is 1. The summed E-state index contributed by atoms with van der Waals surface area (Å²) in [5.74, 6) is 1.36. The van der Waals surface area contributed by atoms with Crippen LogP contribution in [0.3, 0.4) is 0 Å². The highest BCUT2D eigenvalue weighted by atomic mass is 35.5. The SMILES string of the molecule is O=[N+]([O-])c1ccc(Cl)c(-c2ccc(C=Nc3c(-c4ccc(Cl)cc4Cl)nc4ccccn34)o2)c1. The Morgan fingerprint density at radius 3 is 2.62 bits per heavy atom. The predicted molar refractivity (Wildman–Crippen MR) is 134 cm³/mol. The van der Waals surface area contributed by atoms with E-state index < -0.39 is 4.92 Å². The Morgan fingerprint density at radius 1 is 0.971 bits per heavy atom. The molecule has 0 aliphatic carbocycles. The molecule has 7 nitrogen and oxygen atoms in total. The van der Waals surface area contributed by atoms with Gasteiger partial charge in [0, 0.05) is 34.5 Å². The summed E-state index contributed by atoms with van der Waals surface area (Å²) in [6, 6.07) is 18.3. The first-order valence-electron chi connectivity index (χ1n) is 9.91. The van der Waals surface area contributed by atoms with Gasteiger partial charge in [-0.05, 0) is 48.5 Å². The molecule has 34 heavy (non-hydrogen) atoms. The van der Waals surface area contributed by atoms with Crippen LogP contribution in [0.2, 0.25) is 15.1 Å². The van der Waals surface area contributed by atoms with Crippen molar-refractivity contribution < 1.29 is 9.34 Å². The Bertz CT molecular complexity index is 1590. The van der Waals surface area contributed by atoms with Crippen LogP contribution in [-0.2, 0) is 0 Å². The van der Waals surface area contributed by atoms with Crippen molar-refractivity contribution in [1.82, 2.24) is 9.38 Å². The van der Waals surface area contributed by atoms with Crippen LogP contribution in [0.4, 0.5) is 11.5 Å². The van der Waals surface area contributed by atoms with E-state index in [4.69, 9.17) is 39.2 Å². The number of halogens is 3. The average Bonchev–Trinajstić information content (AvgIpc) is 3.42. The van der Waals surface area contributed by atoms with Crippen molar-refractivity contribution in [2.45, 2.75) is 0 Å². The molecule has 0 radical (unpaired) electrons. The number of fused-ring (bicyclic) bond motifs is 1. The monoisotopic (exact) mass is 510 g/mol. The van der Waals surface area contributed by atoms with Gasteiger partial charge in [0.15, 0.2) is 5.82 Å². The summed E-state index contributed by atoms with van der Waals surface area (Å²) in [4.78, 5) is 19.9. The highest BCUT2D eigenvalue weighted by molar-refractivity contribution is 6.36.